The molecule has 0 unspecified atom stereocenters. The van der Waals surface area contributed by atoms with Crippen LogP contribution in [0, 0.1) is 0 Å². The number of quaternary nitrogens is 1. The average molecular weight is 228 g/mol. The summed E-state index contributed by atoms with van der Waals surface area (Å²) in [4.78, 5) is 5.21. The molecule has 0 saturated carbocycles. The van der Waals surface area contributed by atoms with Gasteiger partial charge in [0.1, 0.15) is 14.1 Å². The Morgan fingerprint density at radius 1 is 1.19 bits per heavy atom. The van der Waals surface area contributed by atoms with Gasteiger partial charge in [-0.3, -0.25) is 0 Å². The molecule has 0 amide bonds. The summed E-state index contributed by atoms with van der Waals surface area (Å²) in [5, 5.41) is 0. The van der Waals surface area contributed by atoms with Crippen molar-refractivity contribution in [1.82, 2.24) is 5.59 Å². The van der Waals surface area contributed by atoms with Gasteiger partial charge in [0, 0.05) is 17.7 Å². The Bertz CT molecular complexity index is 352. The van der Waals surface area contributed by atoms with E-state index in [1.54, 1.807) is 26.2 Å². The van der Waals surface area contributed by atoms with Gasteiger partial charge in [-0.05, 0) is 0 Å². The van der Waals surface area contributed by atoms with Gasteiger partial charge in [-0.25, -0.2) is 0 Å². The Balaban J connectivity index is 2.84. The van der Waals surface area contributed by atoms with Crippen molar-refractivity contribution in [2.24, 2.45) is 5.84 Å². The first-order chi connectivity index (χ1) is 7.33. The van der Waals surface area contributed by atoms with Crippen molar-refractivity contribution in [3.05, 3.63) is 12.1 Å². The molecule has 0 aliphatic carbocycles. The first-order valence-electron chi connectivity index (χ1n) is 4.63. The van der Waals surface area contributed by atoms with Gasteiger partial charge >= 0.3 is 0 Å². The van der Waals surface area contributed by atoms with Crippen LogP contribution in [0.3, 0.4) is 0 Å². The number of nitrogens with zero attached hydrogens (tertiary/aromatic N) is 1. The summed E-state index contributed by atoms with van der Waals surface area (Å²) >= 11 is 0. The molecule has 0 aliphatic rings. The molecule has 0 atom stereocenters. The van der Waals surface area contributed by atoms with Crippen molar-refractivity contribution in [3.8, 4) is 11.5 Å². The summed E-state index contributed by atoms with van der Waals surface area (Å²) in [5.74, 6) is 6.53. The zero-order valence-corrected chi connectivity index (χ0v) is 9.65. The fourth-order valence-corrected chi connectivity index (χ4v) is 1.11. The molecule has 7 heteroatoms. The van der Waals surface area contributed by atoms with E-state index in [9.17, 15) is 0 Å². The van der Waals surface area contributed by atoms with Gasteiger partial charge in [0.2, 0.25) is 0 Å². The number of hydrogen-bond donors (Lipinski definition) is 4. The minimum absolute atomic E-state index is 0.0498. The number of hydrogen-bond acceptors (Lipinski definition) is 6. The number of ether oxygens (including phenoxy) is 1. The van der Waals surface area contributed by atoms with Crippen LogP contribution in [-0.4, -0.2) is 25.9 Å². The first-order valence-corrected chi connectivity index (χ1v) is 4.63. The Kier molecular flexibility index (Phi) is 3.43. The summed E-state index contributed by atoms with van der Waals surface area (Å²) in [5.41, 5.74) is 14.8. The zero-order chi connectivity index (χ0) is 12.3. The second kappa shape index (κ2) is 4.44. The summed E-state index contributed by atoms with van der Waals surface area (Å²) in [6, 6.07) is 3.19. The third-order valence-corrected chi connectivity index (χ3v) is 1.72. The van der Waals surface area contributed by atoms with Crippen LogP contribution in [0.5, 0.6) is 11.5 Å². The molecule has 0 aromatic heterocycles. The van der Waals surface area contributed by atoms with Crippen molar-refractivity contribution < 1.29 is 14.3 Å². The second-order valence-electron chi connectivity index (χ2n) is 3.87. The number of anilines is 2. The fourth-order valence-electron chi connectivity index (χ4n) is 1.11. The lowest BCUT2D eigenvalue weighted by atomic mass is 10.2. The Morgan fingerprint density at radius 2 is 1.69 bits per heavy atom. The number of rotatable bonds is 4. The molecule has 0 aliphatic heterocycles. The SMILES string of the molecule is COc1c(N)cc(ON[N+](C)(C)N)cc1N. The standard InChI is InChI=1S/C9H18N5O2/c1-14(2,12)13-16-6-4-7(10)9(15-3)8(11)5-6/h4-5,13H,10-12H2,1-3H3/q+1. The van der Waals surface area contributed by atoms with Gasteiger partial charge in [0.05, 0.1) is 18.5 Å². The van der Waals surface area contributed by atoms with Crippen LogP contribution in [0.1, 0.15) is 0 Å². The number of nitrogens with two attached hydrogens (primary N) is 3. The highest BCUT2D eigenvalue weighted by Crippen LogP contribution is 2.33. The van der Waals surface area contributed by atoms with E-state index in [-0.39, 0.29) is 4.70 Å². The molecule has 1 aromatic carbocycles. The highest BCUT2D eigenvalue weighted by atomic mass is 16.7. The van der Waals surface area contributed by atoms with E-state index in [1.165, 1.54) is 7.11 Å². The van der Waals surface area contributed by atoms with Crippen LogP contribution in [0.2, 0.25) is 0 Å². The topological polar surface area (TPSA) is 109 Å². The Labute approximate surface area is 94.2 Å². The van der Waals surface area contributed by atoms with Crippen molar-refractivity contribution in [1.29, 1.82) is 0 Å². The lowest BCUT2D eigenvalue weighted by molar-refractivity contribution is -0.967. The predicted molar refractivity (Wildman–Crippen MR) is 61.9 cm³/mol. The fraction of sp³-hybridized carbons (Fsp3) is 0.333. The lowest BCUT2D eigenvalue weighted by Crippen LogP contribution is -2.58. The highest BCUT2D eigenvalue weighted by molar-refractivity contribution is 5.70. The number of benzene rings is 1. The number of methoxy groups -OCH3 is 1. The highest BCUT2D eigenvalue weighted by Gasteiger charge is 2.11. The molecular formula is C9H18N5O2+. The molecule has 0 heterocycles. The Morgan fingerprint density at radius 3 is 2.06 bits per heavy atom. The molecule has 0 spiro atoms. The second-order valence-corrected chi connectivity index (χ2v) is 3.87. The van der Waals surface area contributed by atoms with E-state index in [2.05, 4.69) is 5.59 Å². The molecule has 0 saturated heterocycles. The van der Waals surface area contributed by atoms with Crippen LogP contribution in [0.25, 0.3) is 0 Å². The Hall–Kier alpha value is -1.70. The van der Waals surface area contributed by atoms with Gasteiger partial charge < -0.3 is 21.0 Å². The zero-order valence-electron chi connectivity index (χ0n) is 9.65. The molecule has 0 radical (unpaired) electrons. The van der Waals surface area contributed by atoms with Gasteiger partial charge in [-0.2, -0.15) is 5.84 Å². The van der Waals surface area contributed by atoms with Crippen molar-refractivity contribution >= 4 is 11.4 Å². The minimum Gasteiger partial charge on any atom is -0.492 e. The maximum atomic E-state index is 5.72. The monoisotopic (exact) mass is 228 g/mol. The van der Waals surface area contributed by atoms with E-state index in [0.717, 1.165) is 0 Å². The first kappa shape index (κ1) is 12.4. The van der Waals surface area contributed by atoms with Gasteiger partial charge in [0.15, 0.2) is 11.5 Å². The molecular weight excluding hydrogens is 210 g/mol. The molecule has 0 fully saturated rings. The van der Waals surface area contributed by atoms with Crippen molar-refractivity contribution in [3.63, 3.8) is 0 Å². The van der Waals surface area contributed by atoms with E-state index in [1.807, 2.05) is 0 Å². The van der Waals surface area contributed by atoms with Crippen LogP contribution in [-0.2, 0) is 0 Å². The third-order valence-electron chi connectivity index (χ3n) is 1.72. The van der Waals surface area contributed by atoms with Crippen molar-refractivity contribution in [2.45, 2.75) is 0 Å². The molecule has 7 N–H and O–H groups in total. The van der Waals surface area contributed by atoms with E-state index in [4.69, 9.17) is 26.9 Å². The summed E-state index contributed by atoms with van der Waals surface area (Å²) in [7, 11) is 4.91. The summed E-state index contributed by atoms with van der Waals surface area (Å²) < 4.78 is 4.97. The van der Waals surface area contributed by atoms with Gasteiger partial charge in [-0.15, -0.1) is 4.70 Å². The van der Waals surface area contributed by atoms with Crippen LogP contribution >= 0.6 is 0 Å². The molecule has 90 valence electrons. The van der Waals surface area contributed by atoms with E-state index < -0.39 is 0 Å². The third kappa shape index (κ3) is 3.16. The molecule has 0 bridgehead atoms. The maximum Gasteiger partial charge on any atom is 0.164 e. The predicted octanol–water partition coefficient (Wildman–Crippen LogP) is -0.392. The molecule has 16 heavy (non-hydrogen) atoms. The van der Waals surface area contributed by atoms with Crippen LogP contribution in [0.4, 0.5) is 11.4 Å². The quantitative estimate of drug-likeness (QED) is 0.242. The van der Waals surface area contributed by atoms with E-state index >= 15 is 0 Å². The van der Waals surface area contributed by atoms with Crippen LogP contribution < -0.4 is 32.5 Å². The minimum atomic E-state index is -0.0498. The number of nitrogen functional groups attached to an aromatic ring is 2. The average Bonchev–Trinajstić information content (AvgIpc) is 2.13. The largest absolute Gasteiger partial charge is 0.492 e. The number of nitrogens with one attached hydrogen (secondary N) is 1. The summed E-state index contributed by atoms with van der Waals surface area (Å²) in [6.45, 7) is 0. The normalized spacial score (nSPS) is 11.2. The summed E-state index contributed by atoms with van der Waals surface area (Å²) in [6.07, 6.45) is 0. The lowest BCUT2D eigenvalue weighted by Gasteiger charge is -2.21. The maximum absolute atomic E-state index is 5.72. The van der Waals surface area contributed by atoms with Gasteiger partial charge in [0.25, 0.3) is 0 Å². The van der Waals surface area contributed by atoms with E-state index in [0.29, 0.717) is 22.9 Å². The van der Waals surface area contributed by atoms with Crippen LogP contribution in [0.15, 0.2) is 12.1 Å². The molecule has 7 nitrogen and oxygen atoms in total. The molecule has 1 aromatic rings. The van der Waals surface area contributed by atoms with Crippen molar-refractivity contribution in [2.75, 3.05) is 32.7 Å². The van der Waals surface area contributed by atoms with Gasteiger partial charge in [-0.1, -0.05) is 0 Å². The smallest absolute Gasteiger partial charge is 0.164 e. The molecule has 1 rings (SSSR count).